The van der Waals surface area contributed by atoms with Gasteiger partial charge in [0.25, 0.3) is 0 Å². The number of piperidine rings is 1. The number of hydrogen-bond donors (Lipinski definition) is 1. The van der Waals surface area contributed by atoms with Crippen molar-refractivity contribution in [3.05, 3.63) is 0 Å². The molecule has 0 aromatic carbocycles. The van der Waals surface area contributed by atoms with Gasteiger partial charge in [-0.2, -0.15) is 0 Å². The topological polar surface area (TPSA) is 63.4 Å². The minimum absolute atomic E-state index is 0.261. The monoisotopic (exact) mass is 234 g/mol. The Morgan fingerprint density at radius 1 is 1.40 bits per heavy atom. The molecule has 1 aliphatic heterocycles. The molecule has 2 N–H and O–H groups in total. The first-order valence-corrected chi connectivity index (χ1v) is 7.35. The van der Waals surface area contributed by atoms with Gasteiger partial charge in [0.1, 0.15) is 0 Å². The van der Waals surface area contributed by atoms with Gasteiger partial charge in [0, 0.05) is 13.1 Å². The van der Waals surface area contributed by atoms with E-state index in [1.807, 2.05) is 0 Å². The van der Waals surface area contributed by atoms with Crippen LogP contribution in [-0.4, -0.2) is 38.1 Å². The molecule has 0 bridgehead atoms. The largest absolute Gasteiger partial charge is 0.330 e. The third-order valence-corrected chi connectivity index (χ3v) is 4.79. The SMILES string of the molecule is CC1CCCN(S(=O)(=O)CCCCN)C1. The summed E-state index contributed by atoms with van der Waals surface area (Å²) in [5, 5.41) is 0. The Bertz CT molecular complexity index is 277. The maximum atomic E-state index is 11.9. The highest BCUT2D eigenvalue weighted by molar-refractivity contribution is 7.89. The smallest absolute Gasteiger partial charge is 0.214 e. The summed E-state index contributed by atoms with van der Waals surface area (Å²) in [7, 11) is -3.01. The Hall–Kier alpha value is -0.130. The van der Waals surface area contributed by atoms with Crippen LogP contribution in [0, 0.1) is 5.92 Å². The lowest BCUT2D eigenvalue weighted by Crippen LogP contribution is -2.40. The highest BCUT2D eigenvalue weighted by Crippen LogP contribution is 2.19. The summed E-state index contributed by atoms with van der Waals surface area (Å²) in [4.78, 5) is 0. The molecule has 0 aromatic rings. The van der Waals surface area contributed by atoms with E-state index in [2.05, 4.69) is 6.92 Å². The summed E-state index contributed by atoms with van der Waals surface area (Å²) < 4.78 is 25.4. The summed E-state index contributed by atoms with van der Waals surface area (Å²) in [5.74, 6) is 0.764. The number of nitrogens with two attached hydrogens (primary N) is 1. The Balaban J connectivity index is 2.45. The molecule has 90 valence electrons. The first-order chi connectivity index (χ1) is 7.06. The molecule has 1 saturated heterocycles. The highest BCUT2D eigenvalue weighted by atomic mass is 32.2. The number of nitrogens with zero attached hydrogens (tertiary/aromatic N) is 1. The van der Waals surface area contributed by atoms with Crippen LogP contribution in [0.2, 0.25) is 0 Å². The van der Waals surface area contributed by atoms with E-state index in [0.717, 1.165) is 19.3 Å². The fraction of sp³-hybridized carbons (Fsp3) is 1.00. The molecule has 0 aromatic heterocycles. The van der Waals surface area contributed by atoms with Gasteiger partial charge in [0.2, 0.25) is 10.0 Å². The summed E-state index contributed by atoms with van der Waals surface area (Å²) >= 11 is 0. The van der Waals surface area contributed by atoms with Gasteiger partial charge in [-0.25, -0.2) is 12.7 Å². The lowest BCUT2D eigenvalue weighted by Gasteiger charge is -2.30. The van der Waals surface area contributed by atoms with Crippen LogP contribution in [0.1, 0.15) is 32.6 Å². The van der Waals surface area contributed by atoms with Crippen LogP contribution in [0.25, 0.3) is 0 Å². The van der Waals surface area contributed by atoms with Crippen molar-refractivity contribution < 1.29 is 8.42 Å². The third-order valence-electron chi connectivity index (χ3n) is 2.87. The maximum Gasteiger partial charge on any atom is 0.214 e. The van der Waals surface area contributed by atoms with Crippen LogP contribution >= 0.6 is 0 Å². The average Bonchev–Trinajstić information content (AvgIpc) is 2.18. The van der Waals surface area contributed by atoms with Crippen LogP contribution in [0.15, 0.2) is 0 Å². The van der Waals surface area contributed by atoms with Gasteiger partial charge >= 0.3 is 0 Å². The van der Waals surface area contributed by atoms with Crippen LogP contribution in [-0.2, 0) is 10.0 Å². The molecule has 4 nitrogen and oxygen atoms in total. The van der Waals surface area contributed by atoms with E-state index in [4.69, 9.17) is 5.73 Å². The quantitative estimate of drug-likeness (QED) is 0.715. The molecule has 0 saturated carbocycles. The third kappa shape index (κ3) is 4.09. The molecule has 1 atom stereocenters. The van der Waals surface area contributed by atoms with Gasteiger partial charge < -0.3 is 5.73 Å². The molecule has 15 heavy (non-hydrogen) atoms. The number of sulfonamides is 1. The van der Waals surface area contributed by atoms with Crippen molar-refractivity contribution >= 4 is 10.0 Å². The molecule has 0 radical (unpaired) electrons. The molecule has 0 amide bonds. The van der Waals surface area contributed by atoms with Crippen molar-refractivity contribution in [3.63, 3.8) is 0 Å². The van der Waals surface area contributed by atoms with Gasteiger partial charge in [0.15, 0.2) is 0 Å². The Morgan fingerprint density at radius 2 is 2.13 bits per heavy atom. The summed E-state index contributed by atoms with van der Waals surface area (Å²) in [6, 6.07) is 0. The van der Waals surface area contributed by atoms with Gasteiger partial charge in [-0.15, -0.1) is 0 Å². The average molecular weight is 234 g/mol. The second kappa shape index (κ2) is 5.82. The van der Waals surface area contributed by atoms with Crippen molar-refractivity contribution in [2.24, 2.45) is 11.7 Å². The Labute approximate surface area is 92.9 Å². The van der Waals surface area contributed by atoms with Crippen molar-refractivity contribution in [3.8, 4) is 0 Å². The van der Waals surface area contributed by atoms with Crippen molar-refractivity contribution in [1.29, 1.82) is 0 Å². The Kier molecular flexibility index (Phi) is 5.02. The predicted molar refractivity (Wildman–Crippen MR) is 62.0 cm³/mol. The van der Waals surface area contributed by atoms with Gasteiger partial charge in [0.05, 0.1) is 5.75 Å². The van der Waals surface area contributed by atoms with Crippen LogP contribution in [0.5, 0.6) is 0 Å². The summed E-state index contributed by atoms with van der Waals surface area (Å²) in [5.41, 5.74) is 5.35. The number of unbranched alkanes of at least 4 members (excludes halogenated alkanes) is 1. The molecule has 5 heteroatoms. The van der Waals surface area contributed by atoms with E-state index in [9.17, 15) is 8.42 Å². The summed E-state index contributed by atoms with van der Waals surface area (Å²) in [6.07, 6.45) is 3.62. The van der Waals surface area contributed by atoms with Crippen LogP contribution in [0.4, 0.5) is 0 Å². The first kappa shape index (κ1) is 12.9. The molecule has 1 unspecified atom stereocenters. The molecule has 0 aliphatic carbocycles. The molecular formula is C10H22N2O2S. The summed E-state index contributed by atoms with van der Waals surface area (Å²) in [6.45, 7) is 4.09. The normalized spacial score (nSPS) is 24.3. The van der Waals surface area contributed by atoms with Crippen LogP contribution < -0.4 is 5.73 Å². The maximum absolute atomic E-state index is 11.9. The number of rotatable bonds is 5. The van der Waals surface area contributed by atoms with Crippen molar-refractivity contribution in [1.82, 2.24) is 4.31 Å². The second-order valence-electron chi connectivity index (χ2n) is 4.42. The molecule has 0 spiro atoms. The Morgan fingerprint density at radius 3 is 2.73 bits per heavy atom. The predicted octanol–water partition coefficient (Wildman–Crippen LogP) is 0.787. The number of hydrogen-bond acceptors (Lipinski definition) is 3. The van der Waals surface area contributed by atoms with Gasteiger partial charge in [-0.05, 0) is 38.1 Å². The minimum Gasteiger partial charge on any atom is -0.330 e. The fourth-order valence-electron chi connectivity index (χ4n) is 1.96. The van der Waals surface area contributed by atoms with Crippen LogP contribution in [0.3, 0.4) is 0 Å². The lowest BCUT2D eigenvalue weighted by atomic mass is 10.0. The lowest BCUT2D eigenvalue weighted by molar-refractivity contribution is 0.281. The van der Waals surface area contributed by atoms with E-state index in [-0.39, 0.29) is 5.75 Å². The standard InChI is InChI=1S/C10H22N2O2S/c1-10-5-4-7-12(9-10)15(13,14)8-3-2-6-11/h10H,2-9,11H2,1H3. The second-order valence-corrected chi connectivity index (χ2v) is 6.51. The highest BCUT2D eigenvalue weighted by Gasteiger charge is 2.26. The van der Waals surface area contributed by atoms with Gasteiger partial charge in [-0.1, -0.05) is 6.92 Å². The molecule has 1 aliphatic rings. The zero-order chi connectivity index (χ0) is 11.3. The van der Waals surface area contributed by atoms with Crippen molar-refractivity contribution in [2.75, 3.05) is 25.4 Å². The van der Waals surface area contributed by atoms with E-state index >= 15 is 0 Å². The first-order valence-electron chi connectivity index (χ1n) is 5.74. The van der Waals surface area contributed by atoms with E-state index in [0.29, 0.717) is 32.0 Å². The van der Waals surface area contributed by atoms with E-state index < -0.39 is 10.0 Å². The molecule has 1 heterocycles. The van der Waals surface area contributed by atoms with Gasteiger partial charge in [-0.3, -0.25) is 0 Å². The van der Waals surface area contributed by atoms with E-state index in [1.54, 1.807) is 4.31 Å². The van der Waals surface area contributed by atoms with Crippen molar-refractivity contribution in [2.45, 2.75) is 32.6 Å². The van der Waals surface area contributed by atoms with E-state index in [1.165, 1.54) is 0 Å². The fourth-order valence-corrected chi connectivity index (χ4v) is 3.67. The zero-order valence-corrected chi connectivity index (χ0v) is 10.3. The minimum atomic E-state index is -3.01. The molecule has 1 rings (SSSR count). The molecular weight excluding hydrogens is 212 g/mol. The zero-order valence-electron chi connectivity index (χ0n) is 9.48. The molecule has 1 fully saturated rings.